The van der Waals surface area contributed by atoms with E-state index < -0.39 is 0 Å². The predicted octanol–water partition coefficient (Wildman–Crippen LogP) is 1.76. The molecule has 0 aliphatic heterocycles. The Bertz CT molecular complexity index is 465. The van der Waals surface area contributed by atoms with Gasteiger partial charge in [-0.25, -0.2) is 4.98 Å². The molecule has 0 amide bonds. The monoisotopic (exact) mass is 217 g/mol. The molecule has 3 N–H and O–H groups in total. The van der Waals surface area contributed by atoms with Crippen LogP contribution in [0.4, 0.5) is 0 Å². The third-order valence-electron chi connectivity index (χ3n) is 2.36. The van der Waals surface area contributed by atoms with Gasteiger partial charge >= 0.3 is 0 Å². The SMILES string of the molecule is Cc1ccccc1OCc1ncc(CN)[nH]1. The summed E-state index contributed by atoms with van der Waals surface area (Å²) in [6, 6.07) is 7.91. The lowest BCUT2D eigenvalue weighted by molar-refractivity contribution is 0.295. The molecule has 0 fully saturated rings. The number of nitrogens with one attached hydrogen (secondary N) is 1. The van der Waals surface area contributed by atoms with Crippen LogP contribution in [0.1, 0.15) is 17.1 Å². The van der Waals surface area contributed by atoms with Gasteiger partial charge in [-0.3, -0.25) is 0 Å². The van der Waals surface area contributed by atoms with Crippen LogP contribution < -0.4 is 10.5 Å². The van der Waals surface area contributed by atoms with Crippen molar-refractivity contribution in [3.8, 4) is 5.75 Å². The molecule has 0 unspecified atom stereocenters. The van der Waals surface area contributed by atoms with E-state index in [4.69, 9.17) is 10.5 Å². The Hall–Kier alpha value is -1.81. The minimum absolute atomic E-state index is 0.435. The Balaban J connectivity index is 1.99. The molecule has 0 spiro atoms. The highest BCUT2D eigenvalue weighted by molar-refractivity contribution is 5.31. The summed E-state index contributed by atoms with van der Waals surface area (Å²) >= 11 is 0. The van der Waals surface area contributed by atoms with Crippen molar-refractivity contribution >= 4 is 0 Å². The summed E-state index contributed by atoms with van der Waals surface area (Å²) in [5.74, 6) is 1.68. The lowest BCUT2D eigenvalue weighted by Crippen LogP contribution is -2.00. The zero-order valence-electron chi connectivity index (χ0n) is 9.23. The van der Waals surface area contributed by atoms with E-state index in [0.29, 0.717) is 13.2 Å². The summed E-state index contributed by atoms with van der Waals surface area (Å²) in [7, 11) is 0. The molecule has 0 aliphatic rings. The average molecular weight is 217 g/mol. The van der Waals surface area contributed by atoms with Crippen molar-refractivity contribution in [3.05, 3.63) is 47.5 Å². The molecule has 1 aromatic carbocycles. The summed E-state index contributed by atoms with van der Waals surface area (Å²) in [4.78, 5) is 7.26. The van der Waals surface area contributed by atoms with Crippen LogP contribution >= 0.6 is 0 Å². The molecule has 0 saturated carbocycles. The van der Waals surface area contributed by atoms with Gasteiger partial charge in [0.1, 0.15) is 18.2 Å². The van der Waals surface area contributed by atoms with E-state index in [1.807, 2.05) is 31.2 Å². The van der Waals surface area contributed by atoms with Gasteiger partial charge in [-0.15, -0.1) is 0 Å². The standard InChI is InChI=1S/C12H15N3O/c1-9-4-2-3-5-11(9)16-8-12-14-7-10(6-13)15-12/h2-5,7H,6,8,13H2,1H3,(H,14,15). The maximum atomic E-state index is 5.65. The first kappa shape index (κ1) is 10.7. The molecule has 2 aromatic rings. The van der Waals surface area contributed by atoms with E-state index in [-0.39, 0.29) is 0 Å². The van der Waals surface area contributed by atoms with E-state index in [1.54, 1.807) is 6.20 Å². The Labute approximate surface area is 94.5 Å². The van der Waals surface area contributed by atoms with Crippen LogP contribution in [0.25, 0.3) is 0 Å². The second-order valence-corrected chi connectivity index (χ2v) is 3.61. The van der Waals surface area contributed by atoms with Crippen LogP contribution in [-0.4, -0.2) is 9.97 Å². The molecular weight excluding hydrogens is 202 g/mol. The Kier molecular flexibility index (Phi) is 3.22. The summed E-state index contributed by atoms with van der Waals surface area (Å²) in [5.41, 5.74) is 7.52. The van der Waals surface area contributed by atoms with Crippen molar-refractivity contribution in [3.63, 3.8) is 0 Å². The topological polar surface area (TPSA) is 63.9 Å². The fourth-order valence-corrected chi connectivity index (χ4v) is 1.45. The number of benzene rings is 1. The summed E-state index contributed by atoms with van der Waals surface area (Å²) in [6.07, 6.45) is 1.73. The zero-order valence-corrected chi connectivity index (χ0v) is 9.23. The number of hydrogen-bond donors (Lipinski definition) is 2. The number of ether oxygens (including phenoxy) is 1. The maximum absolute atomic E-state index is 5.65. The van der Waals surface area contributed by atoms with Crippen LogP contribution in [0, 0.1) is 6.92 Å². The summed E-state index contributed by atoms with van der Waals surface area (Å²) in [6.45, 7) is 2.92. The van der Waals surface area contributed by atoms with Crippen LogP contribution in [0.3, 0.4) is 0 Å². The van der Waals surface area contributed by atoms with Gasteiger partial charge in [-0.2, -0.15) is 0 Å². The van der Waals surface area contributed by atoms with Crippen molar-refractivity contribution in [1.82, 2.24) is 9.97 Å². The first-order chi connectivity index (χ1) is 7.79. The van der Waals surface area contributed by atoms with Crippen LogP contribution in [0.2, 0.25) is 0 Å². The Morgan fingerprint density at radius 2 is 2.19 bits per heavy atom. The normalized spacial score (nSPS) is 10.4. The van der Waals surface area contributed by atoms with Gasteiger partial charge in [-0.05, 0) is 18.6 Å². The lowest BCUT2D eigenvalue weighted by Gasteiger charge is -2.06. The second kappa shape index (κ2) is 4.81. The minimum atomic E-state index is 0.435. The van der Waals surface area contributed by atoms with Gasteiger partial charge in [0.25, 0.3) is 0 Å². The van der Waals surface area contributed by atoms with Crippen molar-refractivity contribution in [2.75, 3.05) is 0 Å². The van der Waals surface area contributed by atoms with Gasteiger partial charge < -0.3 is 15.5 Å². The quantitative estimate of drug-likeness (QED) is 0.820. The molecule has 0 bridgehead atoms. The molecule has 1 heterocycles. The van der Waals surface area contributed by atoms with Crippen molar-refractivity contribution < 1.29 is 4.74 Å². The van der Waals surface area contributed by atoms with Gasteiger partial charge in [-0.1, -0.05) is 18.2 Å². The highest BCUT2D eigenvalue weighted by atomic mass is 16.5. The van der Waals surface area contributed by atoms with Gasteiger partial charge in [0.05, 0.1) is 0 Å². The number of H-pyrrole nitrogens is 1. The van der Waals surface area contributed by atoms with Crippen molar-refractivity contribution in [2.24, 2.45) is 5.73 Å². The Morgan fingerprint density at radius 1 is 1.38 bits per heavy atom. The average Bonchev–Trinajstić information content (AvgIpc) is 2.76. The summed E-state index contributed by atoms with van der Waals surface area (Å²) in [5, 5.41) is 0. The number of aromatic nitrogens is 2. The molecule has 4 heteroatoms. The smallest absolute Gasteiger partial charge is 0.146 e. The first-order valence-corrected chi connectivity index (χ1v) is 5.21. The molecule has 0 radical (unpaired) electrons. The third-order valence-corrected chi connectivity index (χ3v) is 2.36. The predicted molar refractivity (Wildman–Crippen MR) is 62.0 cm³/mol. The number of nitrogens with zero attached hydrogens (tertiary/aromatic N) is 1. The highest BCUT2D eigenvalue weighted by Crippen LogP contribution is 2.17. The fraction of sp³-hybridized carbons (Fsp3) is 0.250. The number of imidazole rings is 1. The number of aryl methyl sites for hydroxylation is 1. The lowest BCUT2D eigenvalue weighted by atomic mass is 10.2. The van der Waals surface area contributed by atoms with Crippen LogP contribution in [-0.2, 0) is 13.2 Å². The number of para-hydroxylation sites is 1. The fourth-order valence-electron chi connectivity index (χ4n) is 1.45. The molecule has 2 rings (SSSR count). The van der Waals surface area contributed by atoms with E-state index in [2.05, 4.69) is 9.97 Å². The van der Waals surface area contributed by atoms with E-state index in [0.717, 1.165) is 22.8 Å². The number of aromatic amines is 1. The molecule has 0 saturated heterocycles. The summed E-state index contributed by atoms with van der Waals surface area (Å²) < 4.78 is 5.65. The largest absolute Gasteiger partial charge is 0.485 e. The van der Waals surface area contributed by atoms with E-state index >= 15 is 0 Å². The molecule has 0 atom stereocenters. The number of hydrogen-bond acceptors (Lipinski definition) is 3. The Morgan fingerprint density at radius 3 is 2.88 bits per heavy atom. The number of rotatable bonds is 4. The van der Waals surface area contributed by atoms with Gasteiger partial charge in [0.15, 0.2) is 0 Å². The van der Waals surface area contributed by atoms with E-state index in [1.165, 1.54) is 0 Å². The minimum Gasteiger partial charge on any atom is -0.485 e. The van der Waals surface area contributed by atoms with Crippen LogP contribution in [0.5, 0.6) is 5.75 Å². The van der Waals surface area contributed by atoms with Crippen LogP contribution in [0.15, 0.2) is 30.5 Å². The third kappa shape index (κ3) is 2.41. The number of nitrogens with two attached hydrogens (primary N) is 1. The van der Waals surface area contributed by atoms with E-state index in [9.17, 15) is 0 Å². The molecule has 1 aromatic heterocycles. The molecule has 4 nitrogen and oxygen atoms in total. The highest BCUT2D eigenvalue weighted by Gasteiger charge is 2.02. The van der Waals surface area contributed by atoms with Gasteiger partial charge in [0.2, 0.25) is 0 Å². The molecule has 84 valence electrons. The second-order valence-electron chi connectivity index (χ2n) is 3.61. The van der Waals surface area contributed by atoms with Gasteiger partial charge in [0, 0.05) is 18.4 Å². The van der Waals surface area contributed by atoms with Crippen molar-refractivity contribution in [2.45, 2.75) is 20.1 Å². The molecular formula is C12H15N3O. The molecule has 0 aliphatic carbocycles. The zero-order chi connectivity index (χ0) is 11.4. The molecule has 16 heavy (non-hydrogen) atoms. The maximum Gasteiger partial charge on any atom is 0.146 e. The van der Waals surface area contributed by atoms with Crippen molar-refractivity contribution in [1.29, 1.82) is 0 Å². The first-order valence-electron chi connectivity index (χ1n) is 5.21.